The Hall–Kier alpha value is -2.48. The zero-order chi connectivity index (χ0) is 18.9. The number of imidazole rings is 1. The standard InChI is InChI=1S/C18H14F4N2OS/c1-25-14-8-5-11(9-13(14)19)16-15(23-17(24-16)18(20,21)22)10-3-6-12(26-2)7-4-10/h3-9H,1-2H3,(H,23,24). The van der Waals surface area contributed by atoms with Crippen molar-refractivity contribution in [3.63, 3.8) is 0 Å². The number of methoxy groups -OCH3 is 1. The highest BCUT2D eigenvalue weighted by Crippen LogP contribution is 2.37. The van der Waals surface area contributed by atoms with Gasteiger partial charge in [-0.15, -0.1) is 11.8 Å². The molecule has 0 radical (unpaired) electrons. The summed E-state index contributed by atoms with van der Waals surface area (Å²) in [6, 6.07) is 10.9. The van der Waals surface area contributed by atoms with Crippen LogP contribution < -0.4 is 4.74 Å². The number of H-pyrrole nitrogens is 1. The fourth-order valence-corrected chi connectivity index (χ4v) is 2.90. The largest absolute Gasteiger partial charge is 0.494 e. The van der Waals surface area contributed by atoms with Crippen molar-refractivity contribution in [3.05, 3.63) is 54.1 Å². The number of hydrogen-bond donors (Lipinski definition) is 1. The van der Waals surface area contributed by atoms with Crippen LogP contribution in [0.25, 0.3) is 22.5 Å². The van der Waals surface area contributed by atoms with Crippen molar-refractivity contribution in [2.45, 2.75) is 11.1 Å². The lowest BCUT2D eigenvalue weighted by atomic mass is 10.0. The molecular formula is C18H14F4N2OS. The molecule has 8 heteroatoms. The van der Waals surface area contributed by atoms with Gasteiger partial charge in [-0.1, -0.05) is 12.1 Å². The number of rotatable bonds is 4. The van der Waals surface area contributed by atoms with Crippen LogP contribution in [0.3, 0.4) is 0 Å². The zero-order valence-corrected chi connectivity index (χ0v) is 14.6. The summed E-state index contributed by atoms with van der Waals surface area (Å²) < 4.78 is 58.3. The van der Waals surface area contributed by atoms with Crippen LogP contribution in [0.15, 0.2) is 47.4 Å². The topological polar surface area (TPSA) is 37.9 Å². The van der Waals surface area contributed by atoms with Crippen LogP contribution in [0.1, 0.15) is 5.82 Å². The molecule has 3 rings (SSSR count). The normalized spacial score (nSPS) is 11.6. The molecule has 0 aliphatic rings. The SMILES string of the molecule is COc1ccc(-c2nc(C(F)(F)F)[nH]c2-c2ccc(SC)cc2)cc1F. The zero-order valence-electron chi connectivity index (χ0n) is 13.8. The van der Waals surface area contributed by atoms with Crippen molar-refractivity contribution in [1.82, 2.24) is 9.97 Å². The number of hydrogen-bond acceptors (Lipinski definition) is 3. The van der Waals surface area contributed by atoms with Gasteiger partial charge in [0.2, 0.25) is 5.82 Å². The van der Waals surface area contributed by atoms with Crippen LogP contribution in [0.5, 0.6) is 5.75 Å². The molecule has 1 N–H and O–H groups in total. The van der Waals surface area contributed by atoms with E-state index in [1.165, 1.54) is 31.0 Å². The second-order valence-corrected chi connectivity index (χ2v) is 6.26. The van der Waals surface area contributed by atoms with Gasteiger partial charge in [0, 0.05) is 16.0 Å². The molecule has 0 bridgehead atoms. The molecule has 3 aromatic rings. The first-order valence-corrected chi connectivity index (χ1v) is 8.71. The molecule has 0 spiro atoms. The quantitative estimate of drug-likeness (QED) is 0.469. The molecule has 0 amide bonds. The van der Waals surface area contributed by atoms with Crippen LogP contribution >= 0.6 is 11.8 Å². The number of alkyl halides is 3. The molecule has 26 heavy (non-hydrogen) atoms. The van der Waals surface area contributed by atoms with Gasteiger partial charge in [0.25, 0.3) is 0 Å². The van der Waals surface area contributed by atoms with Crippen molar-refractivity contribution in [2.75, 3.05) is 13.4 Å². The molecule has 136 valence electrons. The third-order valence-electron chi connectivity index (χ3n) is 3.78. The molecule has 0 aliphatic carbocycles. The van der Waals surface area contributed by atoms with Crippen LogP contribution in [-0.2, 0) is 6.18 Å². The van der Waals surface area contributed by atoms with E-state index in [4.69, 9.17) is 4.74 Å². The van der Waals surface area contributed by atoms with Crippen molar-refractivity contribution in [2.24, 2.45) is 0 Å². The third kappa shape index (κ3) is 3.55. The van der Waals surface area contributed by atoms with Gasteiger partial charge >= 0.3 is 6.18 Å². The minimum atomic E-state index is -4.64. The molecule has 0 saturated carbocycles. The van der Waals surface area contributed by atoms with E-state index < -0.39 is 17.8 Å². The molecular weight excluding hydrogens is 368 g/mol. The Morgan fingerprint density at radius 2 is 1.69 bits per heavy atom. The molecule has 0 fully saturated rings. The van der Waals surface area contributed by atoms with Crippen molar-refractivity contribution in [3.8, 4) is 28.3 Å². The first kappa shape index (κ1) is 18.3. The highest BCUT2D eigenvalue weighted by molar-refractivity contribution is 7.98. The minimum Gasteiger partial charge on any atom is -0.494 e. The average molecular weight is 382 g/mol. The van der Waals surface area contributed by atoms with Crippen LogP contribution in [-0.4, -0.2) is 23.3 Å². The van der Waals surface area contributed by atoms with E-state index in [0.29, 0.717) is 5.56 Å². The van der Waals surface area contributed by atoms with Gasteiger partial charge in [0.05, 0.1) is 18.5 Å². The summed E-state index contributed by atoms with van der Waals surface area (Å²) in [6.07, 6.45) is -2.74. The van der Waals surface area contributed by atoms with E-state index in [9.17, 15) is 17.6 Å². The van der Waals surface area contributed by atoms with Crippen molar-refractivity contribution < 1.29 is 22.3 Å². The number of nitrogens with one attached hydrogen (secondary N) is 1. The maximum atomic E-state index is 14.0. The van der Waals surface area contributed by atoms with E-state index >= 15 is 0 Å². The van der Waals surface area contributed by atoms with Crippen LogP contribution in [0, 0.1) is 5.82 Å². The summed E-state index contributed by atoms with van der Waals surface area (Å²) in [4.78, 5) is 6.97. The summed E-state index contributed by atoms with van der Waals surface area (Å²) in [5.41, 5.74) is 0.946. The van der Waals surface area contributed by atoms with E-state index in [1.807, 2.05) is 6.26 Å². The van der Waals surface area contributed by atoms with E-state index in [0.717, 1.165) is 11.0 Å². The molecule has 0 unspecified atom stereocenters. The van der Waals surface area contributed by atoms with Gasteiger partial charge in [-0.3, -0.25) is 0 Å². The Labute approximate surface area is 151 Å². The van der Waals surface area contributed by atoms with Gasteiger partial charge < -0.3 is 9.72 Å². The first-order valence-electron chi connectivity index (χ1n) is 7.49. The summed E-state index contributed by atoms with van der Waals surface area (Å²) in [6.45, 7) is 0. The number of ether oxygens (including phenoxy) is 1. The fourth-order valence-electron chi connectivity index (χ4n) is 2.50. The predicted molar refractivity (Wildman–Crippen MR) is 92.8 cm³/mol. The highest BCUT2D eigenvalue weighted by atomic mass is 32.2. The Morgan fingerprint density at radius 3 is 2.23 bits per heavy atom. The van der Waals surface area contributed by atoms with Crippen molar-refractivity contribution in [1.29, 1.82) is 0 Å². The maximum absolute atomic E-state index is 14.0. The molecule has 1 aromatic heterocycles. The second-order valence-electron chi connectivity index (χ2n) is 5.38. The molecule has 0 saturated heterocycles. The lowest BCUT2D eigenvalue weighted by Crippen LogP contribution is -2.07. The molecule has 0 aliphatic heterocycles. The average Bonchev–Trinajstić information content (AvgIpc) is 3.07. The van der Waals surface area contributed by atoms with Crippen LogP contribution in [0.2, 0.25) is 0 Å². The molecule has 1 heterocycles. The monoisotopic (exact) mass is 382 g/mol. The van der Waals surface area contributed by atoms with Gasteiger partial charge in [0.1, 0.15) is 0 Å². The lowest BCUT2D eigenvalue weighted by Gasteiger charge is -2.06. The summed E-state index contributed by atoms with van der Waals surface area (Å²) >= 11 is 1.52. The summed E-state index contributed by atoms with van der Waals surface area (Å²) in [7, 11) is 1.31. The fraction of sp³-hybridized carbons (Fsp3) is 0.167. The minimum absolute atomic E-state index is 0.00574. The first-order chi connectivity index (χ1) is 12.3. The number of thioether (sulfide) groups is 1. The number of aromatic amines is 1. The van der Waals surface area contributed by atoms with E-state index in [-0.39, 0.29) is 22.7 Å². The van der Waals surface area contributed by atoms with Gasteiger partial charge in [-0.05, 0) is 36.6 Å². The Morgan fingerprint density at radius 1 is 1.04 bits per heavy atom. The molecule has 3 nitrogen and oxygen atoms in total. The van der Waals surface area contributed by atoms with Gasteiger partial charge in [-0.2, -0.15) is 13.2 Å². The smallest absolute Gasteiger partial charge is 0.449 e. The maximum Gasteiger partial charge on any atom is 0.449 e. The second kappa shape index (κ2) is 7.03. The Balaban J connectivity index is 2.16. The molecule has 0 atom stereocenters. The lowest BCUT2D eigenvalue weighted by molar-refractivity contribution is -0.144. The Kier molecular flexibility index (Phi) is 4.95. The summed E-state index contributed by atoms with van der Waals surface area (Å²) in [5, 5.41) is 0. The number of halogens is 4. The Bertz CT molecular complexity index is 920. The van der Waals surface area contributed by atoms with Gasteiger partial charge in [-0.25, -0.2) is 9.37 Å². The van der Waals surface area contributed by atoms with Crippen LogP contribution in [0.4, 0.5) is 17.6 Å². The number of benzene rings is 2. The molecule has 2 aromatic carbocycles. The number of aromatic nitrogens is 2. The highest BCUT2D eigenvalue weighted by Gasteiger charge is 2.36. The van der Waals surface area contributed by atoms with Crippen molar-refractivity contribution >= 4 is 11.8 Å². The predicted octanol–water partition coefficient (Wildman–Crippen LogP) is 5.63. The number of nitrogens with zero attached hydrogens (tertiary/aromatic N) is 1. The summed E-state index contributed by atoms with van der Waals surface area (Å²) in [5.74, 6) is -1.80. The van der Waals surface area contributed by atoms with Gasteiger partial charge in [0.15, 0.2) is 11.6 Å². The van der Waals surface area contributed by atoms with E-state index in [1.54, 1.807) is 24.3 Å². The third-order valence-corrected chi connectivity index (χ3v) is 4.52. The van der Waals surface area contributed by atoms with E-state index in [2.05, 4.69) is 9.97 Å².